The molecule has 2 aromatic rings. The summed E-state index contributed by atoms with van der Waals surface area (Å²) in [6.45, 7) is 9.12. The van der Waals surface area contributed by atoms with Crippen LogP contribution in [0.3, 0.4) is 0 Å². The first kappa shape index (κ1) is 25.0. The van der Waals surface area contributed by atoms with E-state index in [1.165, 1.54) is 6.42 Å². The summed E-state index contributed by atoms with van der Waals surface area (Å²) in [7, 11) is 1.61. The second kappa shape index (κ2) is 11.0. The molecule has 0 bridgehead atoms. The smallest absolute Gasteiger partial charge is 0.245 e. The first-order valence-electron chi connectivity index (χ1n) is 11.9. The highest BCUT2D eigenvalue weighted by atomic mass is 16.5. The average Bonchev–Trinajstić information content (AvgIpc) is 3.21. The lowest BCUT2D eigenvalue weighted by Gasteiger charge is -2.28. The van der Waals surface area contributed by atoms with E-state index >= 15 is 0 Å². The van der Waals surface area contributed by atoms with Gasteiger partial charge in [0.2, 0.25) is 11.8 Å². The summed E-state index contributed by atoms with van der Waals surface area (Å²) in [6, 6.07) is 9.93. The van der Waals surface area contributed by atoms with Gasteiger partial charge in [-0.1, -0.05) is 52.2 Å². The number of carbonyl (C=O) groups is 2. The van der Waals surface area contributed by atoms with Gasteiger partial charge in [-0.3, -0.25) is 9.59 Å². The molecule has 1 N–H and O–H groups in total. The Morgan fingerprint density at radius 2 is 1.91 bits per heavy atom. The van der Waals surface area contributed by atoms with E-state index in [-0.39, 0.29) is 29.7 Å². The summed E-state index contributed by atoms with van der Waals surface area (Å²) >= 11 is 0. The average molecular weight is 455 g/mol. The lowest BCUT2D eigenvalue weighted by molar-refractivity contribution is -0.139. The summed E-state index contributed by atoms with van der Waals surface area (Å²) in [6.07, 6.45) is 5.14. The summed E-state index contributed by atoms with van der Waals surface area (Å²) in [5.74, 6) is 0.440. The Balaban J connectivity index is 1.80. The maximum absolute atomic E-state index is 13.1. The fraction of sp³-hybridized carbons (Fsp3) is 0.577. The summed E-state index contributed by atoms with van der Waals surface area (Å²) in [5.41, 5.74) is 2.71. The molecule has 0 saturated heterocycles. The second-order valence-electron chi connectivity index (χ2n) is 10.1. The number of rotatable bonds is 8. The molecule has 7 nitrogen and oxygen atoms in total. The molecule has 2 amide bonds. The van der Waals surface area contributed by atoms with Crippen molar-refractivity contribution in [3.05, 3.63) is 41.6 Å². The van der Waals surface area contributed by atoms with Crippen molar-refractivity contribution in [2.24, 2.45) is 5.92 Å². The lowest BCUT2D eigenvalue weighted by atomic mass is 9.88. The second-order valence-corrected chi connectivity index (χ2v) is 10.1. The maximum Gasteiger partial charge on any atom is 0.245 e. The van der Waals surface area contributed by atoms with Crippen molar-refractivity contribution in [3.63, 3.8) is 0 Å². The number of amides is 2. The van der Waals surface area contributed by atoms with Gasteiger partial charge in [-0.05, 0) is 37.5 Å². The van der Waals surface area contributed by atoms with Crippen LogP contribution in [-0.4, -0.2) is 53.3 Å². The highest BCUT2D eigenvalue weighted by Gasteiger charge is 2.28. The predicted molar refractivity (Wildman–Crippen MR) is 131 cm³/mol. The number of nitrogens with zero attached hydrogens (tertiary/aromatic N) is 3. The Hall–Kier alpha value is -2.67. The summed E-state index contributed by atoms with van der Waals surface area (Å²) in [4.78, 5) is 27.9. The van der Waals surface area contributed by atoms with Gasteiger partial charge in [-0.2, -0.15) is 5.10 Å². The summed E-state index contributed by atoms with van der Waals surface area (Å²) < 4.78 is 6.97. The van der Waals surface area contributed by atoms with Crippen LogP contribution >= 0.6 is 0 Å². The van der Waals surface area contributed by atoms with Crippen molar-refractivity contribution >= 4 is 17.6 Å². The van der Waals surface area contributed by atoms with Crippen molar-refractivity contribution < 1.29 is 14.3 Å². The maximum atomic E-state index is 13.1. The molecule has 0 aliphatic heterocycles. The van der Waals surface area contributed by atoms with Crippen LogP contribution in [0.5, 0.6) is 0 Å². The standard InChI is InChI=1S/C26H38N4O3/c1-19-10-9-13-21(16-19)30-23(17-22(28-30)26(2,3)4)27-24(31)18-29(14-15-33-5)25(32)20-11-7-6-8-12-20/h9-10,13,16-17,20H,6-8,11-12,14-15,18H2,1-5H3,(H,27,31). The van der Waals surface area contributed by atoms with Crippen molar-refractivity contribution in [3.8, 4) is 5.69 Å². The molecule has 1 aromatic heterocycles. The van der Waals surface area contributed by atoms with Gasteiger partial charge in [0.1, 0.15) is 5.82 Å². The minimum atomic E-state index is -0.232. The van der Waals surface area contributed by atoms with Gasteiger partial charge in [0.05, 0.1) is 24.5 Å². The van der Waals surface area contributed by atoms with Crippen LogP contribution in [0, 0.1) is 12.8 Å². The topological polar surface area (TPSA) is 76.5 Å². The molecule has 1 aliphatic rings. The number of methoxy groups -OCH3 is 1. The van der Waals surface area contributed by atoms with Gasteiger partial charge in [0, 0.05) is 31.1 Å². The van der Waals surface area contributed by atoms with Gasteiger partial charge in [0.15, 0.2) is 0 Å². The quantitative estimate of drug-likeness (QED) is 0.638. The molecule has 3 rings (SSSR count). The Kier molecular flexibility index (Phi) is 8.30. The Bertz CT molecular complexity index is 955. The van der Waals surface area contributed by atoms with Crippen LogP contribution in [0.15, 0.2) is 30.3 Å². The van der Waals surface area contributed by atoms with Crippen molar-refractivity contribution in [1.82, 2.24) is 14.7 Å². The number of hydrogen-bond acceptors (Lipinski definition) is 4. The molecule has 1 fully saturated rings. The number of anilines is 1. The van der Waals surface area contributed by atoms with Gasteiger partial charge in [-0.25, -0.2) is 4.68 Å². The molecule has 0 atom stereocenters. The largest absolute Gasteiger partial charge is 0.383 e. The highest BCUT2D eigenvalue weighted by molar-refractivity contribution is 5.94. The van der Waals surface area contributed by atoms with E-state index < -0.39 is 0 Å². The molecular weight excluding hydrogens is 416 g/mol. The Labute approximate surface area is 197 Å². The third kappa shape index (κ3) is 6.67. The van der Waals surface area contributed by atoms with E-state index in [0.717, 1.165) is 42.6 Å². The van der Waals surface area contributed by atoms with Crippen LogP contribution in [0.1, 0.15) is 64.1 Å². The molecule has 7 heteroatoms. The van der Waals surface area contributed by atoms with E-state index in [0.29, 0.717) is 19.0 Å². The molecule has 0 unspecified atom stereocenters. The van der Waals surface area contributed by atoms with Crippen LogP contribution < -0.4 is 5.32 Å². The van der Waals surface area contributed by atoms with Crippen molar-refractivity contribution in [1.29, 1.82) is 0 Å². The normalized spacial score (nSPS) is 14.8. The molecule has 180 valence electrons. The Morgan fingerprint density at radius 1 is 1.18 bits per heavy atom. The lowest BCUT2D eigenvalue weighted by Crippen LogP contribution is -2.43. The highest BCUT2D eigenvalue weighted by Crippen LogP contribution is 2.27. The monoisotopic (exact) mass is 454 g/mol. The fourth-order valence-corrected chi connectivity index (χ4v) is 4.23. The number of hydrogen-bond donors (Lipinski definition) is 1. The number of nitrogens with one attached hydrogen (secondary N) is 1. The molecular formula is C26H38N4O3. The zero-order valence-corrected chi connectivity index (χ0v) is 20.7. The minimum Gasteiger partial charge on any atom is -0.383 e. The van der Waals surface area contributed by atoms with Crippen LogP contribution in [-0.2, 0) is 19.7 Å². The summed E-state index contributed by atoms with van der Waals surface area (Å²) in [5, 5.41) is 7.80. The van der Waals surface area contributed by atoms with Gasteiger partial charge >= 0.3 is 0 Å². The molecule has 33 heavy (non-hydrogen) atoms. The fourth-order valence-electron chi connectivity index (χ4n) is 4.23. The van der Waals surface area contributed by atoms with Crippen LogP contribution in [0.4, 0.5) is 5.82 Å². The van der Waals surface area contributed by atoms with Gasteiger partial charge in [-0.15, -0.1) is 0 Å². The third-order valence-electron chi connectivity index (χ3n) is 6.16. The molecule has 1 heterocycles. The van der Waals surface area contributed by atoms with E-state index in [1.807, 2.05) is 37.3 Å². The number of carbonyl (C=O) groups excluding carboxylic acids is 2. The molecule has 0 radical (unpaired) electrons. The first-order chi connectivity index (χ1) is 15.7. The van der Waals surface area contributed by atoms with Crippen molar-refractivity contribution in [2.75, 3.05) is 32.1 Å². The predicted octanol–water partition coefficient (Wildman–Crippen LogP) is 4.47. The van der Waals surface area contributed by atoms with E-state index in [1.54, 1.807) is 16.7 Å². The Morgan fingerprint density at radius 3 is 2.55 bits per heavy atom. The SMILES string of the molecule is COCCN(CC(=O)Nc1cc(C(C)(C)C)nn1-c1cccc(C)c1)C(=O)C1CCCCC1. The number of aromatic nitrogens is 2. The molecule has 1 aromatic carbocycles. The van der Waals surface area contributed by atoms with Crippen LogP contribution in [0.25, 0.3) is 5.69 Å². The molecule has 1 aliphatic carbocycles. The van der Waals surface area contributed by atoms with Gasteiger partial charge < -0.3 is 15.0 Å². The number of benzene rings is 1. The van der Waals surface area contributed by atoms with Gasteiger partial charge in [0.25, 0.3) is 0 Å². The van der Waals surface area contributed by atoms with Crippen molar-refractivity contribution in [2.45, 2.75) is 65.2 Å². The number of ether oxygens (including phenoxy) is 1. The zero-order valence-electron chi connectivity index (χ0n) is 20.7. The van der Waals surface area contributed by atoms with E-state index in [4.69, 9.17) is 9.84 Å². The zero-order chi connectivity index (χ0) is 24.0. The van der Waals surface area contributed by atoms with E-state index in [9.17, 15) is 9.59 Å². The minimum absolute atomic E-state index is 0.00252. The third-order valence-corrected chi connectivity index (χ3v) is 6.16. The number of aryl methyl sites for hydroxylation is 1. The first-order valence-corrected chi connectivity index (χ1v) is 11.9. The molecule has 1 saturated carbocycles. The van der Waals surface area contributed by atoms with E-state index in [2.05, 4.69) is 26.1 Å². The van der Waals surface area contributed by atoms with Crippen LogP contribution in [0.2, 0.25) is 0 Å². The molecule has 0 spiro atoms.